The highest BCUT2D eigenvalue weighted by molar-refractivity contribution is 5.47. The Hall–Kier alpha value is -2.91. The zero-order chi connectivity index (χ0) is 19.0. The first-order valence-corrected chi connectivity index (χ1v) is 8.65. The highest BCUT2D eigenvalue weighted by Crippen LogP contribution is 2.21. The van der Waals surface area contributed by atoms with E-state index in [0.29, 0.717) is 18.1 Å². The largest absolute Gasteiger partial charge is 0.332 e. The van der Waals surface area contributed by atoms with Gasteiger partial charge in [-0.1, -0.05) is 17.3 Å². The summed E-state index contributed by atoms with van der Waals surface area (Å²) in [7, 11) is 1.98. The summed E-state index contributed by atoms with van der Waals surface area (Å²) in [6.07, 6.45) is 0. The predicted octanol–water partition coefficient (Wildman–Crippen LogP) is 1.31. The quantitative estimate of drug-likeness (QED) is 0.743. The highest BCUT2D eigenvalue weighted by Gasteiger charge is 2.26. The van der Waals surface area contributed by atoms with Gasteiger partial charge in [0, 0.05) is 31.4 Å². The number of hydrogen-bond acceptors (Lipinski definition) is 7. The first-order chi connectivity index (χ1) is 13.0. The lowest BCUT2D eigenvalue weighted by molar-refractivity contribution is 0.190. The van der Waals surface area contributed by atoms with Crippen LogP contribution in [0.25, 0.3) is 17.3 Å². The molecule has 2 aromatic heterocycles. The van der Waals surface area contributed by atoms with Crippen molar-refractivity contribution in [2.75, 3.05) is 26.7 Å². The van der Waals surface area contributed by atoms with Crippen LogP contribution in [-0.2, 0) is 0 Å². The van der Waals surface area contributed by atoms with E-state index in [1.165, 1.54) is 16.8 Å². The molecule has 1 atom stereocenters. The minimum atomic E-state index is -0.441. The first kappa shape index (κ1) is 17.5. The van der Waals surface area contributed by atoms with Crippen molar-refractivity contribution >= 4 is 0 Å². The molecular weight excluding hydrogens is 351 g/mol. The number of nitrogens with one attached hydrogen (secondary N) is 1. The molecule has 0 bridgehead atoms. The van der Waals surface area contributed by atoms with Gasteiger partial charge in [-0.3, -0.25) is 9.69 Å². The summed E-state index contributed by atoms with van der Waals surface area (Å²) in [4.78, 5) is 18.9. The van der Waals surface area contributed by atoms with Gasteiger partial charge in [-0.25, -0.2) is 9.07 Å². The van der Waals surface area contributed by atoms with Gasteiger partial charge in [-0.05, 0) is 26.1 Å². The maximum absolute atomic E-state index is 14.2. The van der Waals surface area contributed by atoms with E-state index in [2.05, 4.69) is 25.5 Å². The molecule has 8 nitrogen and oxygen atoms in total. The molecule has 0 saturated carbocycles. The predicted molar refractivity (Wildman–Crippen MR) is 96.1 cm³/mol. The summed E-state index contributed by atoms with van der Waals surface area (Å²) < 4.78 is 20.9. The Morgan fingerprint density at radius 1 is 1.33 bits per heavy atom. The smallest absolute Gasteiger partial charge is 0.282 e. The first-order valence-electron chi connectivity index (χ1n) is 8.65. The third-order valence-corrected chi connectivity index (χ3v) is 4.64. The van der Waals surface area contributed by atoms with Gasteiger partial charge in [0.2, 0.25) is 5.43 Å². The number of hydrogen-bond donors (Lipinski definition) is 1. The molecule has 9 heteroatoms. The second-order valence-corrected chi connectivity index (χ2v) is 6.52. The van der Waals surface area contributed by atoms with Crippen LogP contribution in [-0.4, -0.2) is 51.5 Å². The third-order valence-electron chi connectivity index (χ3n) is 4.64. The van der Waals surface area contributed by atoms with Crippen molar-refractivity contribution in [3.63, 3.8) is 0 Å². The van der Waals surface area contributed by atoms with Gasteiger partial charge in [-0.2, -0.15) is 10.1 Å². The number of benzene rings is 1. The maximum Gasteiger partial charge on any atom is 0.282 e. The van der Waals surface area contributed by atoms with E-state index in [9.17, 15) is 9.18 Å². The second kappa shape index (κ2) is 7.01. The molecule has 4 rings (SSSR count). The van der Waals surface area contributed by atoms with Crippen LogP contribution < -0.4 is 10.7 Å². The topological polar surface area (TPSA) is 89.1 Å². The Morgan fingerprint density at radius 3 is 2.93 bits per heavy atom. The fraction of sp³-hybridized carbons (Fsp3) is 0.333. The van der Waals surface area contributed by atoms with Crippen molar-refractivity contribution in [1.82, 2.24) is 30.1 Å². The van der Waals surface area contributed by atoms with Gasteiger partial charge in [0.05, 0.1) is 6.04 Å². The summed E-state index contributed by atoms with van der Waals surface area (Å²) in [5.74, 6) is 0.0711. The molecule has 1 N–H and O–H groups in total. The maximum atomic E-state index is 14.2. The summed E-state index contributed by atoms with van der Waals surface area (Å²) in [6, 6.07) is 7.56. The third kappa shape index (κ3) is 3.26. The number of para-hydroxylation sites is 1. The number of halogens is 1. The number of aromatic nitrogens is 4. The summed E-state index contributed by atoms with van der Waals surface area (Å²) in [5.41, 5.74) is 0.386. The molecule has 0 aliphatic carbocycles. The fourth-order valence-corrected chi connectivity index (χ4v) is 3.12. The standard InChI is InChI=1S/C18H19FN6O2/c1-11-9-15(26)16(22-25(11)13-6-4-3-5-12(13)19)18-21-17(23-27-18)14-10-20-7-8-24(14)2/h3-6,9,14,20H,7-8,10H2,1-2H3. The number of aryl methyl sites for hydroxylation is 1. The summed E-state index contributed by atoms with van der Waals surface area (Å²) in [5, 5.41) is 11.6. The molecule has 1 saturated heterocycles. The Labute approximate surface area is 154 Å². The molecule has 3 aromatic rings. The molecule has 3 heterocycles. The van der Waals surface area contributed by atoms with E-state index >= 15 is 0 Å². The number of nitrogens with zero attached hydrogens (tertiary/aromatic N) is 5. The van der Waals surface area contributed by atoms with Crippen molar-refractivity contribution < 1.29 is 8.91 Å². The molecular formula is C18H19FN6O2. The van der Waals surface area contributed by atoms with Crippen LogP contribution in [0.2, 0.25) is 0 Å². The second-order valence-electron chi connectivity index (χ2n) is 6.52. The van der Waals surface area contributed by atoms with Crippen LogP contribution in [0, 0.1) is 12.7 Å². The van der Waals surface area contributed by atoms with Crippen LogP contribution in [0.3, 0.4) is 0 Å². The number of likely N-dealkylation sites (N-methyl/N-ethyl adjacent to an activating group) is 1. The van der Waals surface area contributed by atoms with Gasteiger partial charge in [-0.15, -0.1) is 0 Å². The molecule has 1 unspecified atom stereocenters. The Kier molecular flexibility index (Phi) is 4.54. The normalized spacial score (nSPS) is 18.0. The average molecular weight is 370 g/mol. The van der Waals surface area contributed by atoms with E-state index < -0.39 is 5.82 Å². The molecule has 0 radical (unpaired) electrons. The highest BCUT2D eigenvalue weighted by atomic mass is 19.1. The van der Waals surface area contributed by atoms with Crippen LogP contribution in [0.4, 0.5) is 4.39 Å². The van der Waals surface area contributed by atoms with E-state index in [1.807, 2.05) is 7.05 Å². The van der Waals surface area contributed by atoms with Crippen molar-refractivity contribution in [2.45, 2.75) is 13.0 Å². The van der Waals surface area contributed by atoms with Crippen LogP contribution in [0.15, 0.2) is 39.6 Å². The lowest BCUT2D eigenvalue weighted by atomic mass is 10.2. The van der Waals surface area contributed by atoms with Crippen molar-refractivity contribution in [2.24, 2.45) is 0 Å². The van der Waals surface area contributed by atoms with Gasteiger partial charge in [0.1, 0.15) is 11.5 Å². The molecule has 27 heavy (non-hydrogen) atoms. The van der Waals surface area contributed by atoms with Gasteiger partial charge in [0.25, 0.3) is 5.89 Å². The van der Waals surface area contributed by atoms with E-state index in [0.717, 1.165) is 13.1 Å². The molecule has 1 aliphatic rings. The van der Waals surface area contributed by atoms with Crippen LogP contribution in [0.5, 0.6) is 0 Å². The molecule has 0 spiro atoms. The van der Waals surface area contributed by atoms with Crippen LogP contribution in [0.1, 0.15) is 17.6 Å². The van der Waals surface area contributed by atoms with E-state index in [-0.39, 0.29) is 28.7 Å². The minimum Gasteiger partial charge on any atom is -0.332 e. The van der Waals surface area contributed by atoms with Gasteiger partial charge >= 0.3 is 0 Å². The number of rotatable bonds is 3. The molecule has 0 amide bonds. The fourth-order valence-electron chi connectivity index (χ4n) is 3.12. The van der Waals surface area contributed by atoms with E-state index in [4.69, 9.17) is 4.52 Å². The number of piperazine rings is 1. The van der Waals surface area contributed by atoms with Crippen molar-refractivity contribution in [1.29, 1.82) is 0 Å². The molecule has 1 aromatic carbocycles. The summed E-state index contributed by atoms with van der Waals surface area (Å²) in [6.45, 7) is 4.13. The van der Waals surface area contributed by atoms with Gasteiger partial charge in [0.15, 0.2) is 11.5 Å². The zero-order valence-electron chi connectivity index (χ0n) is 15.0. The molecule has 1 aliphatic heterocycles. The van der Waals surface area contributed by atoms with Gasteiger partial charge < -0.3 is 9.84 Å². The Morgan fingerprint density at radius 2 is 2.15 bits per heavy atom. The lowest BCUT2D eigenvalue weighted by Crippen LogP contribution is -2.44. The SMILES string of the molecule is Cc1cc(=O)c(-c2nc(C3CNCCN3C)no2)nn1-c1ccccc1F. The molecule has 1 fully saturated rings. The Bertz CT molecular complexity index is 1030. The lowest BCUT2D eigenvalue weighted by Gasteiger charge is -2.30. The van der Waals surface area contributed by atoms with Crippen molar-refractivity contribution in [3.05, 3.63) is 57.9 Å². The van der Waals surface area contributed by atoms with Crippen LogP contribution >= 0.6 is 0 Å². The van der Waals surface area contributed by atoms with Crippen molar-refractivity contribution in [3.8, 4) is 17.3 Å². The molecule has 140 valence electrons. The monoisotopic (exact) mass is 370 g/mol. The minimum absolute atomic E-state index is 0.00553. The average Bonchev–Trinajstić information content (AvgIpc) is 3.13. The Balaban J connectivity index is 1.76. The summed E-state index contributed by atoms with van der Waals surface area (Å²) >= 11 is 0. The van der Waals surface area contributed by atoms with E-state index in [1.54, 1.807) is 25.1 Å². The zero-order valence-corrected chi connectivity index (χ0v) is 15.0.